The van der Waals surface area contributed by atoms with Crippen LogP contribution in [0.5, 0.6) is 0 Å². The van der Waals surface area contributed by atoms with Gasteiger partial charge in [0.25, 0.3) is 0 Å². The molecule has 1 aromatic carbocycles. The highest BCUT2D eigenvalue weighted by molar-refractivity contribution is 5.14. The second kappa shape index (κ2) is 6.63. The fourth-order valence-corrected chi connectivity index (χ4v) is 1.29. The standard InChI is InChI=1S/C11H17N.H2O/c1-3-12(4-2)10-11-8-6-5-7-9-11;/h5-9H,3-4,10H2,1-2H3;1H2. The van der Waals surface area contributed by atoms with Gasteiger partial charge in [0.1, 0.15) is 0 Å². The maximum absolute atomic E-state index is 2.41. The molecule has 0 aliphatic heterocycles. The lowest BCUT2D eigenvalue weighted by Gasteiger charge is -2.17. The second-order valence-corrected chi connectivity index (χ2v) is 2.95. The molecule has 0 saturated carbocycles. The van der Waals surface area contributed by atoms with Crippen molar-refractivity contribution in [3.8, 4) is 0 Å². The van der Waals surface area contributed by atoms with E-state index in [-0.39, 0.29) is 5.48 Å². The Morgan fingerprint density at radius 2 is 1.54 bits per heavy atom. The summed E-state index contributed by atoms with van der Waals surface area (Å²) in [6, 6.07) is 10.6. The lowest BCUT2D eigenvalue weighted by molar-refractivity contribution is 0.296. The van der Waals surface area contributed by atoms with Crippen LogP contribution in [0.15, 0.2) is 30.3 Å². The molecule has 0 amide bonds. The van der Waals surface area contributed by atoms with Crippen LogP contribution in [-0.4, -0.2) is 23.5 Å². The molecule has 0 spiro atoms. The molecule has 0 heterocycles. The minimum absolute atomic E-state index is 0. The number of benzene rings is 1. The number of hydrogen-bond donors (Lipinski definition) is 0. The molecule has 0 radical (unpaired) electrons. The summed E-state index contributed by atoms with van der Waals surface area (Å²) in [4.78, 5) is 2.41. The van der Waals surface area contributed by atoms with Crippen LogP contribution in [0.1, 0.15) is 19.4 Å². The van der Waals surface area contributed by atoms with Crippen LogP contribution < -0.4 is 0 Å². The largest absolute Gasteiger partial charge is 0.412 e. The maximum atomic E-state index is 2.41. The molecule has 2 heteroatoms. The summed E-state index contributed by atoms with van der Waals surface area (Å²) >= 11 is 0. The Hall–Kier alpha value is -0.860. The fourth-order valence-electron chi connectivity index (χ4n) is 1.29. The molecule has 2 N–H and O–H groups in total. The van der Waals surface area contributed by atoms with E-state index in [2.05, 4.69) is 49.1 Å². The van der Waals surface area contributed by atoms with Crippen LogP contribution in [-0.2, 0) is 6.54 Å². The van der Waals surface area contributed by atoms with Crippen molar-refractivity contribution in [3.05, 3.63) is 35.9 Å². The Morgan fingerprint density at radius 1 is 1.00 bits per heavy atom. The maximum Gasteiger partial charge on any atom is 0.0233 e. The van der Waals surface area contributed by atoms with Gasteiger partial charge in [-0.2, -0.15) is 0 Å². The van der Waals surface area contributed by atoms with E-state index >= 15 is 0 Å². The molecule has 1 aromatic rings. The Labute approximate surface area is 80.5 Å². The van der Waals surface area contributed by atoms with Gasteiger partial charge in [0, 0.05) is 6.54 Å². The monoisotopic (exact) mass is 181 g/mol. The van der Waals surface area contributed by atoms with Gasteiger partial charge in [-0.1, -0.05) is 44.2 Å². The normalized spacial score (nSPS) is 9.77. The van der Waals surface area contributed by atoms with Gasteiger partial charge >= 0.3 is 0 Å². The van der Waals surface area contributed by atoms with E-state index < -0.39 is 0 Å². The van der Waals surface area contributed by atoms with Crippen LogP contribution in [0, 0.1) is 0 Å². The van der Waals surface area contributed by atoms with E-state index in [9.17, 15) is 0 Å². The van der Waals surface area contributed by atoms with Gasteiger partial charge in [0.2, 0.25) is 0 Å². The lowest BCUT2D eigenvalue weighted by Crippen LogP contribution is -2.21. The first-order chi connectivity index (χ1) is 5.86. The predicted octanol–water partition coefficient (Wildman–Crippen LogP) is 1.70. The Morgan fingerprint density at radius 3 is 2.00 bits per heavy atom. The Balaban J connectivity index is 0.00000144. The van der Waals surface area contributed by atoms with Gasteiger partial charge in [0.15, 0.2) is 0 Å². The third-order valence-corrected chi connectivity index (χ3v) is 2.14. The van der Waals surface area contributed by atoms with Crippen LogP contribution in [0.3, 0.4) is 0 Å². The van der Waals surface area contributed by atoms with E-state index in [4.69, 9.17) is 0 Å². The average Bonchev–Trinajstić information content (AvgIpc) is 2.16. The summed E-state index contributed by atoms with van der Waals surface area (Å²) < 4.78 is 0. The first kappa shape index (κ1) is 12.1. The van der Waals surface area contributed by atoms with Crippen LogP contribution in [0.2, 0.25) is 0 Å². The minimum Gasteiger partial charge on any atom is -0.412 e. The molecule has 0 atom stereocenters. The van der Waals surface area contributed by atoms with Gasteiger partial charge in [-0.25, -0.2) is 0 Å². The lowest BCUT2D eigenvalue weighted by atomic mass is 10.2. The van der Waals surface area contributed by atoms with E-state index in [1.54, 1.807) is 0 Å². The number of hydrogen-bond acceptors (Lipinski definition) is 1. The molecule has 0 fully saturated rings. The van der Waals surface area contributed by atoms with Crippen LogP contribution >= 0.6 is 0 Å². The highest BCUT2D eigenvalue weighted by Crippen LogP contribution is 2.02. The van der Waals surface area contributed by atoms with Crippen molar-refractivity contribution in [1.29, 1.82) is 0 Å². The van der Waals surface area contributed by atoms with Crippen molar-refractivity contribution < 1.29 is 5.48 Å². The predicted molar refractivity (Wildman–Crippen MR) is 56.7 cm³/mol. The first-order valence-corrected chi connectivity index (χ1v) is 4.63. The fraction of sp³-hybridized carbons (Fsp3) is 0.455. The topological polar surface area (TPSA) is 34.7 Å². The Kier molecular flexibility index (Phi) is 6.20. The molecule has 74 valence electrons. The van der Waals surface area contributed by atoms with Gasteiger partial charge in [-0.15, -0.1) is 0 Å². The summed E-state index contributed by atoms with van der Waals surface area (Å²) in [5.74, 6) is 0. The molecule has 0 aliphatic carbocycles. The van der Waals surface area contributed by atoms with E-state index in [1.165, 1.54) is 5.56 Å². The van der Waals surface area contributed by atoms with Crippen molar-refractivity contribution in [2.75, 3.05) is 13.1 Å². The van der Waals surface area contributed by atoms with E-state index in [0.29, 0.717) is 0 Å². The van der Waals surface area contributed by atoms with Crippen molar-refractivity contribution >= 4 is 0 Å². The number of rotatable bonds is 4. The van der Waals surface area contributed by atoms with Crippen LogP contribution in [0.4, 0.5) is 0 Å². The second-order valence-electron chi connectivity index (χ2n) is 2.95. The van der Waals surface area contributed by atoms with Gasteiger partial charge in [-0.3, -0.25) is 4.90 Å². The van der Waals surface area contributed by atoms with Crippen molar-refractivity contribution in [2.45, 2.75) is 20.4 Å². The molecule has 0 saturated heterocycles. The molecule has 0 aliphatic rings. The third kappa shape index (κ3) is 4.06. The average molecular weight is 181 g/mol. The summed E-state index contributed by atoms with van der Waals surface area (Å²) in [6.07, 6.45) is 0. The summed E-state index contributed by atoms with van der Waals surface area (Å²) in [7, 11) is 0. The Bertz CT molecular complexity index is 207. The highest BCUT2D eigenvalue weighted by Gasteiger charge is 1.98. The van der Waals surface area contributed by atoms with Crippen molar-refractivity contribution in [1.82, 2.24) is 4.90 Å². The molecular weight excluding hydrogens is 162 g/mol. The van der Waals surface area contributed by atoms with E-state index in [0.717, 1.165) is 19.6 Å². The number of nitrogens with zero attached hydrogens (tertiary/aromatic N) is 1. The molecule has 0 bridgehead atoms. The summed E-state index contributed by atoms with van der Waals surface area (Å²) in [5.41, 5.74) is 1.40. The van der Waals surface area contributed by atoms with Crippen molar-refractivity contribution in [3.63, 3.8) is 0 Å². The van der Waals surface area contributed by atoms with Gasteiger partial charge < -0.3 is 5.48 Å². The highest BCUT2D eigenvalue weighted by atomic mass is 16.0. The SMILES string of the molecule is CCN(CC)Cc1ccccc1.O. The first-order valence-electron chi connectivity index (χ1n) is 4.63. The molecule has 0 aromatic heterocycles. The zero-order valence-corrected chi connectivity index (χ0v) is 8.46. The summed E-state index contributed by atoms with van der Waals surface area (Å²) in [6.45, 7) is 7.74. The summed E-state index contributed by atoms with van der Waals surface area (Å²) in [5, 5.41) is 0. The van der Waals surface area contributed by atoms with E-state index in [1.807, 2.05) is 0 Å². The minimum atomic E-state index is 0. The molecule has 0 unspecified atom stereocenters. The van der Waals surface area contributed by atoms with Gasteiger partial charge in [0.05, 0.1) is 0 Å². The molecule has 13 heavy (non-hydrogen) atoms. The molecule has 1 rings (SSSR count). The quantitative estimate of drug-likeness (QED) is 0.696. The zero-order valence-electron chi connectivity index (χ0n) is 8.46. The third-order valence-electron chi connectivity index (χ3n) is 2.14. The smallest absolute Gasteiger partial charge is 0.0233 e. The van der Waals surface area contributed by atoms with Gasteiger partial charge in [-0.05, 0) is 18.7 Å². The van der Waals surface area contributed by atoms with Crippen LogP contribution in [0.25, 0.3) is 0 Å². The zero-order chi connectivity index (χ0) is 8.81. The van der Waals surface area contributed by atoms with Crippen molar-refractivity contribution in [2.24, 2.45) is 0 Å². The molecule has 2 nitrogen and oxygen atoms in total. The molecular formula is C11H19NO.